The van der Waals surface area contributed by atoms with Crippen molar-refractivity contribution in [3.63, 3.8) is 0 Å². The topological polar surface area (TPSA) is 55.1 Å². The molecule has 0 bridgehead atoms. The Morgan fingerprint density at radius 3 is 2.60 bits per heavy atom. The van der Waals surface area contributed by atoms with Crippen LogP contribution in [0.2, 0.25) is 4.34 Å². The highest BCUT2D eigenvalue weighted by Crippen LogP contribution is 2.38. The van der Waals surface area contributed by atoms with Gasteiger partial charge < -0.3 is 11.1 Å². The van der Waals surface area contributed by atoms with Gasteiger partial charge in [0.2, 0.25) is 5.91 Å². The first-order valence-electron chi connectivity index (χ1n) is 6.82. The molecule has 3 N–H and O–H groups in total. The Bertz CT molecular complexity index is 509. The molecule has 1 saturated carbocycles. The summed E-state index contributed by atoms with van der Waals surface area (Å²) < 4.78 is 0.725. The molecular weight excluding hydrogens is 312 g/mol. The zero-order chi connectivity index (χ0) is 14.8. The van der Waals surface area contributed by atoms with E-state index in [4.69, 9.17) is 29.6 Å². The number of rotatable bonds is 4. The van der Waals surface area contributed by atoms with Crippen molar-refractivity contribution in [2.24, 2.45) is 11.1 Å². The van der Waals surface area contributed by atoms with Gasteiger partial charge in [-0.25, -0.2) is 0 Å². The molecule has 1 heterocycles. The molecule has 0 spiro atoms. The molecule has 1 aromatic heterocycles. The van der Waals surface area contributed by atoms with E-state index in [-0.39, 0.29) is 11.9 Å². The van der Waals surface area contributed by atoms with Crippen molar-refractivity contribution in [1.82, 2.24) is 5.32 Å². The molecule has 1 fully saturated rings. The predicted molar refractivity (Wildman–Crippen MR) is 88.2 cm³/mol. The van der Waals surface area contributed by atoms with Crippen LogP contribution in [-0.4, -0.2) is 10.9 Å². The van der Waals surface area contributed by atoms with E-state index in [1.807, 2.05) is 19.1 Å². The molecule has 1 aliphatic carbocycles. The van der Waals surface area contributed by atoms with Crippen molar-refractivity contribution in [2.75, 3.05) is 0 Å². The average molecular weight is 331 g/mol. The molecule has 3 nitrogen and oxygen atoms in total. The number of thiophene rings is 1. The van der Waals surface area contributed by atoms with Crippen LogP contribution in [0.5, 0.6) is 0 Å². The van der Waals surface area contributed by atoms with Gasteiger partial charge in [0.1, 0.15) is 0 Å². The second-order valence-electron chi connectivity index (χ2n) is 5.34. The van der Waals surface area contributed by atoms with E-state index in [1.165, 1.54) is 11.3 Å². The van der Waals surface area contributed by atoms with E-state index in [0.29, 0.717) is 4.99 Å². The lowest BCUT2D eigenvalue weighted by Gasteiger charge is -2.35. The van der Waals surface area contributed by atoms with Crippen LogP contribution in [0.4, 0.5) is 0 Å². The second kappa shape index (κ2) is 6.41. The SMILES string of the molecule is CC(NC(=O)C1(C(N)=S)CCCCC1)c1ccc(Cl)s1. The smallest absolute Gasteiger partial charge is 0.233 e. The zero-order valence-corrected chi connectivity index (χ0v) is 13.8. The Kier molecular flexibility index (Phi) is 5.04. The highest BCUT2D eigenvalue weighted by atomic mass is 35.5. The van der Waals surface area contributed by atoms with E-state index >= 15 is 0 Å². The van der Waals surface area contributed by atoms with Crippen LogP contribution in [-0.2, 0) is 4.79 Å². The minimum Gasteiger partial charge on any atom is -0.392 e. The third kappa shape index (κ3) is 3.15. The average Bonchev–Trinajstić information content (AvgIpc) is 2.86. The maximum absolute atomic E-state index is 12.6. The lowest BCUT2D eigenvalue weighted by molar-refractivity contribution is -0.129. The highest BCUT2D eigenvalue weighted by Gasteiger charge is 2.42. The summed E-state index contributed by atoms with van der Waals surface area (Å²) in [5, 5.41) is 3.05. The number of amides is 1. The normalized spacial score (nSPS) is 19.3. The Morgan fingerprint density at radius 2 is 2.10 bits per heavy atom. The highest BCUT2D eigenvalue weighted by molar-refractivity contribution is 7.80. The zero-order valence-electron chi connectivity index (χ0n) is 11.4. The number of thiocarbonyl (C=S) groups is 1. The minimum atomic E-state index is -0.664. The fourth-order valence-corrected chi connectivity index (χ4v) is 4.07. The summed E-state index contributed by atoms with van der Waals surface area (Å²) in [6.07, 6.45) is 4.67. The summed E-state index contributed by atoms with van der Waals surface area (Å²) in [4.78, 5) is 14.0. The number of carbonyl (C=O) groups excluding carboxylic acids is 1. The van der Waals surface area contributed by atoms with E-state index in [1.54, 1.807) is 0 Å². The van der Waals surface area contributed by atoms with Gasteiger partial charge in [0.15, 0.2) is 0 Å². The molecule has 1 aliphatic rings. The lowest BCUT2D eigenvalue weighted by Crippen LogP contribution is -2.50. The Hall–Kier alpha value is -0.650. The van der Waals surface area contributed by atoms with Crippen LogP contribution in [0, 0.1) is 5.41 Å². The van der Waals surface area contributed by atoms with Gasteiger partial charge in [0.05, 0.1) is 20.8 Å². The lowest BCUT2D eigenvalue weighted by atomic mass is 9.73. The summed E-state index contributed by atoms with van der Waals surface area (Å²) in [5.74, 6) is -0.0401. The Labute approximate surface area is 133 Å². The number of halogens is 1. The van der Waals surface area contributed by atoms with Crippen molar-refractivity contribution in [3.05, 3.63) is 21.3 Å². The van der Waals surface area contributed by atoms with Gasteiger partial charge in [-0.3, -0.25) is 4.79 Å². The Morgan fingerprint density at radius 1 is 1.45 bits per heavy atom. The molecule has 1 aromatic rings. The molecule has 6 heteroatoms. The first-order valence-corrected chi connectivity index (χ1v) is 8.42. The van der Waals surface area contributed by atoms with Crippen molar-refractivity contribution in [2.45, 2.75) is 45.1 Å². The first kappa shape index (κ1) is 15.7. The van der Waals surface area contributed by atoms with Crippen LogP contribution in [0.25, 0.3) is 0 Å². The fourth-order valence-electron chi connectivity index (χ4n) is 2.71. The molecular formula is C14H19ClN2OS2. The number of hydrogen-bond donors (Lipinski definition) is 2. The van der Waals surface area contributed by atoms with E-state index in [2.05, 4.69) is 5.32 Å². The van der Waals surface area contributed by atoms with Crippen molar-refractivity contribution in [1.29, 1.82) is 0 Å². The Balaban J connectivity index is 2.11. The van der Waals surface area contributed by atoms with Crippen LogP contribution >= 0.6 is 35.2 Å². The summed E-state index contributed by atoms with van der Waals surface area (Å²) in [6, 6.07) is 3.70. The molecule has 1 unspecified atom stereocenters. The van der Waals surface area contributed by atoms with Gasteiger partial charge in [-0.15, -0.1) is 11.3 Å². The molecule has 110 valence electrons. The second-order valence-corrected chi connectivity index (χ2v) is 7.53. The number of nitrogens with two attached hydrogens (primary N) is 1. The van der Waals surface area contributed by atoms with E-state index in [9.17, 15) is 4.79 Å². The summed E-state index contributed by atoms with van der Waals surface area (Å²) in [6.45, 7) is 1.95. The molecule has 0 radical (unpaired) electrons. The minimum absolute atomic E-state index is 0.0401. The maximum Gasteiger partial charge on any atom is 0.233 e. The maximum atomic E-state index is 12.6. The molecule has 2 rings (SSSR count). The summed E-state index contributed by atoms with van der Waals surface area (Å²) >= 11 is 12.6. The molecule has 0 saturated heterocycles. The van der Waals surface area contributed by atoms with Crippen molar-refractivity contribution in [3.8, 4) is 0 Å². The van der Waals surface area contributed by atoms with Crippen LogP contribution in [0.1, 0.15) is 49.9 Å². The van der Waals surface area contributed by atoms with Crippen LogP contribution in [0.3, 0.4) is 0 Å². The van der Waals surface area contributed by atoms with Crippen molar-refractivity contribution >= 4 is 46.1 Å². The predicted octanol–water partition coefficient (Wildman–Crippen LogP) is 3.82. The van der Waals surface area contributed by atoms with Crippen LogP contribution < -0.4 is 11.1 Å². The molecule has 1 atom stereocenters. The van der Waals surface area contributed by atoms with Crippen molar-refractivity contribution < 1.29 is 4.79 Å². The quantitative estimate of drug-likeness (QED) is 0.825. The van der Waals surface area contributed by atoms with Gasteiger partial charge in [-0.2, -0.15) is 0 Å². The summed E-state index contributed by atoms with van der Waals surface area (Å²) in [7, 11) is 0. The fraction of sp³-hybridized carbons (Fsp3) is 0.571. The standard InChI is InChI=1S/C14H19ClN2OS2/c1-9(10-5-6-11(15)20-10)17-13(18)14(12(16)19)7-3-2-4-8-14/h5-6,9H,2-4,7-8H2,1H3,(H2,16,19)(H,17,18). The third-order valence-corrected chi connectivity index (χ3v) is 5.79. The number of nitrogens with one attached hydrogen (secondary N) is 1. The molecule has 0 aromatic carbocycles. The van der Waals surface area contributed by atoms with Gasteiger partial charge in [0.25, 0.3) is 0 Å². The molecule has 0 aliphatic heterocycles. The third-order valence-electron chi connectivity index (χ3n) is 3.98. The van der Waals surface area contributed by atoms with E-state index in [0.717, 1.165) is 41.3 Å². The largest absolute Gasteiger partial charge is 0.392 e. The van der Waals surface area contributed by atoms with Gasteiger partial charge in [0, 0.05) is 4.88 Å². The number of hydrogen-bond acceptors (Lipinski definition) is 3. The van der Waals surface area contributed by atoms with Gasteiger partial charge >= 0.3 is 0 Å². The van der Waals surface area contributed by atoms with Gasteiger partial charge in [-0.1, -0.05) is 43.1 Å². The monoisotopic (exact) mass is 330 g/mol. The molecule has 20 heavy (non-hydrogen) atoms. The number of carbonyl (C=O) groups is 1. The summed E-state index contributed by atoms with van der Waals surface area (Å²) in [5.41, 5.74) is 5.21. The first-order chi connectivity index (χ1) is 9.45. The van der Waals surface area contributed by atoms with Gasteiger partial charge in [-0.05, 0) is 31.9 Å². The van der Waals surface area contributed by atoms with Crippen LogP contribution in [0.15, 0.2) is 12.1 Å². The van der Waals surface area contributed by atoms with E-state index < -0.39 is 5.41 Å². The molecule has 1 amide bonds.